The fourth-order valence-corrected chi connectivity index (χ4v) is 2.23. The number of halogens is 2. The molecule has 0 saturated heterocycles. The van der Waals surface area contributed by atoms with Gasteiger partial charge in [-0.05, 0) is 32.0 Å². The van der Waals surface area contributed by atoms with E-state index >= 15 is 0 Å². The zero-order chi connectivity index (χ0) is 14.9. The number of hydrogen-bond acceptors (Lipinski definition) is 4. The minimum absolute atomic E-state index is 0.0698. The Morgan fingerprint density at radius 1 is 1.45 bits per heavy atom. The molecule has 2 N–H and O–H groups in total. The van der Waals surface area contributed by atoms with Gasteiger partial charge in [0.05, 0.1) is 17.3 Å². The van der Waals surface area contributed by atoms with Crippen molar-refractivity contribution in [2.24, 2.45) is 0 Å². The van der Waals surface area contributed by atoms with Gasteiger partial charge in [0.15, 0.2) is 5.69 Å². The second-order valence-electron chi connectivity index (χ2n) is 4.04. The summed E-state index contributed by atoms with van der Waals surface area (Å²) in [6.45, 7) is 3.68. The molecular weight excluding hydrogens is 301 g/mol. The van der Waals surface area contributed by atoms with Crippen molar-refractivity contribution in [3.05, 3.63) is 39.8 Å². The Labute approximate surface area is 126 Å². The smallest absolute Gasteiger partial charge is 0.360 e. The first-order chi connectivity index (χ1) is 9.45. The number of aromatic nitrogens is 2. The Bertz CT molecular complexity index is 668. The average molecular weight is 314 g/mol. The van der Waals surface area contributed by atoms with Crippen LogP contribution in [0.2, 0.25) is 10.0 Å². The molecule has 0 atom stereocenters. The number of nitrogens with two attached hydrogens (primary N) is 1. The first-order valence-corrected chi connectivity index (χ1v) is 6.68. The SMILES string of the molecule is CCOC(=O)c1nc(C)n(-c2cc(Cl)ccc2Cl)c1N. The zero-order valence-electron chi connectivity index (χ0n) is 11.0. The van der Waals surface area contributed by atoms with Gasteiger partial charge in [-0.1, -0.05) is 23.2 Å². The molecular formula is C13H13Cl2N3O2. The van der Waals surface area contributed by atoms with Crippen molar-refractivity contribution in [2.45, 2.75) is 13.8 Å². The Kier molecular flexibility index (Phi) is 4.20. The molecule has 0 aliphatic rings. The minimum atomic E-state index is -0.565. The van der Waals surface area contributed by atoms with Crippen LogP contribution < -0.4 is 5.73 Å². The molecule has 0 fully saturated rings. The molecule has 2 rings (SSSR count). The number of carbonyl (C=O) groups excluding carboxylic acids is 1. The summed E-state index contributed by atoms with van der Waals surface area (Å²) in [5.41, 5.74) is 6.62. The summed E-state index contributed by atoms with van der Waals surface area (Å²) in [6.07, 6.45) is 0. The summed E-state index contributed by atoms with van der Waals surface area (Å²) in [5.74, 6) is 0.129. The maximum absolute atomic E-state index is 11.8. The van der Waals surface area contributed by atoms with Gasteiger partial charge in [0.2, 0.25) is 0 Å². The molecule has 1 aromatic heterocycles. The zero-order valence-corrected chi connectivity index (χ0v) is 12.5. The van der Waals surface area contributed by atoms with E-state index in [-0.39, 0.29) is 18.1 Å². The van der Waals surface area contributed by atoms with Gasteiger partial charge in [0, 0.05) is 5.02 Å². The van der Waals surface area contributed by atoms with Crippen molar-refractivity contribution in [1.29, 1.82) is 0 Å². The van der Waals surface area contributed by atoms with Crippen LogP contribution in [0, 0.1) is 6.92 Å². The summed E-state index contributed by atoms with van der Waals surface area (Å²) < 4.78 is 6.48. The summed E-state index contributed by atoms with van der Waals surface area (Å²) >= 11 is 12.1. The number of hydrogen-bond donors (Lipinski definition) is 1. The van der Waals surface area contributed by atoms with Gasteiger partial charge in [-0.3, -0.25) is 4.57 Å². The largest absolute Gasteiger partial charge is 0.461 e. The quantitative estimate of drug-likeness (QED) is 0.883. The van der Waals surface area contributed by atoms with Crippen LogP contribution in [0.25, 0.3) is 5.69 Å². The number of anilines is 1. The van der Waals surface area contributed by atoms with Crippen LogP contribution >= 0.6 is 23.2 Å². The Morgan fingerprint density at radius 2 is 2.15 bits per heavy atom. The number of nitrogen functional groups attached to an aromatic ring is 1. The first-order valence-electron chi connectivity index (χ1n) is 5.93. The summed E-state index contributed by atoms with van der Waals surface area (Å²) in [5, 5.41) is 0.964. The highest BCUT2D eigenvalue weighted by Gasteiger charge is 2.21. The highest BCUT2D eigenvalue weighted by atomic mass is 35.5. The van der Waals surface area contributed by atoms with E-state index in [0.717, 1.165) is 0 Å². The van der Waals surface area contributed by atoms with Crippen molar-refractivity contribution in [3.63, 3.8) is 0 Å². The normalized spacial score (nSPS) is 10.6. The number of imidazole rings is 1. The van der Waals surface area contributed by atoms with Crippen molar-refractivity contribution < 1.29 is 9.53 Å². The van der Waals surface area contributed by atoms with Crippen molar-refractivity contribution in [3.8, 4) is 5.69 Å². The minimum Gasteiger partial charge on any atom is -0.461 e. The lowest BCUT2D eigenvalue weighted by Gasteiger charge is -2.10. The maximum Gasteiger partial charge on any atom is 0.360 e. The molecule has 0 spiro atoms. The predicted molar refractivity (Wildman–Crippen MR) is 78.7 cm³/mol. The number of ether oxygens (including phenoxy) is 1. The van der Waals surface area contributed by atoms with E-state index in [9.17, 15) is 4.79 Å². The van der Waals surface area contributed by atoms with Gasteiger partial charge in [-0.25, -0.2) is 9.78 Å². The number of nitrogens with zero attached hydrogens (tertiary/aromatic N) is 2. The van der Waals surface area contributed by atoms with Gasteiger partial charge in [-0.2, -0.15) is 0 Å². The van der Waals surface area contributed by atoms with Crippen molar-refractivity contribution in [2.75, 3.05) is 12.3 Å². The topological polar surface area (TPSA) is 70.1 Å². The highest BCUT2D eigenvalue weighted by Crippen LogP contribution is 2.29. The number of esters is 1. The van der Waals surface area contributed by atoms with Crippen molar-refractivity contribution >= 4 is 35.0 Å². The number of rotatable bonds is 3. The standard InChI is InChI=1S/C13H13Cl2N3O2/c1-3-20-13(19)11-12(16)18(7(2)17-11)10-6-8(14)4-5-9(10)15/h4-6H,3,16H2,1-2H3. The molecule has 0 aliphatic heterocycles. The molecule has 7 heteroatoms. The fourth-order valence-electron chi connectivity index (χ4n) is 1.86. The van der Waals surface area contributed by atoms with Crippen LogP contribution in [0.4, 0.5) is 5.82 Å². The molecule has 0 radical (unpaired) electrons. The second kappa shape index (κ2) is 5.73. The van der Waals surface area contributed by atoms with E-state index < -0.39 is 5.97 Å². The van der Waals surface area contributed by atoms with Crippen LogP contribution in [0.1, 0.15) is 23.2 Å². The van der Waals surface area contributed by atoms with E-state index in [4.69, 9.17) is 33.7 Å². The van der Waals surface area contributed by atoms with Crippen LogP contribution in [-0.2, 0) is 4.74 Å². The number of benzene rings is 1. The van der Waals surface area contributed by atoms with Crippen LogP contribution in [0.5, 0.6) is 0 Å². The van der Waals surface area contributed by atoms with E-state index in [1.807, 2.05) is 0 Å². The van der Waals surface area contributed by atoms with Gasteiger partial charge >= 0.3 is 5.97 Å². The molecule has 0 amide bonds. The van der Waals surface area contributed by atoms with E-state index in [2.05, 4.69) is 4.98 Å². The second-order valence-corrected chi connectivity index (χ2v) is 4.89. The van der Waals surface area contributed by atoms with Gasteiger partial charge < -0.3 is 10.5 Å². The molecule has 106 valence electrons. The molecule has 0 saturated carbocycles. The lowest BCUT2D eigenvalue weighted by atomic mass is 10.3. The lowest BCUT2D eigenvalue weighted by molar-refractivity contribution is 0.0521. The van der Waals surface area contributed by atoms with Crippen LogP contribution in [0.15, 0.2) is 18.2 Å². The Hall–Kier alpha value is -1.72. The molecule has 0 bridgehead atoms. The predicted octanol–water partition coefficient (Wildman–Crippen LogP) is 3.25. The molecule has 2 aromatic rings. The third-order valence-electron chi connectivity index (χ3n) is 2.70. The summed E-state index contributed by atoms with van der Waals surface area (Å²) in [4.78, 5) is 15.9. The van der Waals surface area contributed by atoms with E-state index in [1.54, 1.807) is 36.6 Å². The molecule has 5 nitrogen and oxygen atoms in total. The van der Waals surface area contributed by atoms with Gasteiger partial charge in [0.25, 0.3) is 0 Å². The maximum atomic E-state index is 11.8. The van der Waals surface area contributed by atoms with Crippen LogP contribution in [0.3, 0.4) is 0 Å². The lowest BCUT2D eigenvalue weighted by Crippen LogP contribution is -2.09. The first kappa shape index (κ1) is 14.7. The summed E-state index contributed by atoms with van der Waals surface area (Å²) in [7, 11) is 0. The van der Waals surface area contributed by atoms with E-state index in [0.29, 0.717) is 21.6 Å². The molecule has 1 aromatic carbocycles. The van der Waals surface area contributed by atoms with Crippen molar-refractivity contribution in [1.82, 2.24) is 9.55 Å². The number of carbonyl (C=O) groups is 1. The summed E-state index contributed by atoms with van der Waals surface area (Å²) in [6, 6.07) is 4.98. The average Bonchev–Trinajstić information content (AvgIpc) is 2.68. The third kappa shape index (κ3) is 2.59. The molecule has 0 aliphatic carbocycles. The van der Waals surface area contributed by atoms with Crippen LogP contribution in [-0.4, -0.2) is 22.1 Å². The Balaban J connectivity index is 2.58. The monoisotopic (exact) mass is 313 g/mol. The highest BCUT2D eigenvalue weighted by molar-refractivity contribution is 6.34. The molecule has 20 heavy (non-hydrogen) atoms. The Morgan fingerprint density at radius 3 is 2.80 bits per heavy atom. The van der Waals surface area contributed by atoms with E-state index in [1.165, 1.54) is 0 Å². The van der Waals surface area contributed by atoms with Gasteiger partial charge in [-0.15, -0.1) is 0 Å². The number of aryl methyl sites for hydroxylation is 1. The molecule has 0 unspecified atom stereocenters. The fraction of sp³-hybridized carbons (Fsp3) is 0.231. The molecule has 1 heterocycles. The van der Waals surface area contributed by atoms with Gasteiger partial charge in [0.1, 0.15) is 11.6 Å². The third-order valence-corrected chi connectivity index (χ3v) is 3.25.